The van der Waals surface area contributed by atoms with Gasteiger partial charge in [0.25, 0.3) is 5.91 Å². The van der Waals surface area contributed by atoms with Crippen LogP contribution in [0.5, 0.6) is 5.88 Å². The van der Waals surface area contributed by atoms with Crippen LogP contribution in [0.4, 0.5) is 8.78 Å². The summed E-state index contributed by atoms with van der Waals surface area (Å²) >= 11 is 1.26. The Morgan fingerprint density at radius 1 is 1.21 bits per heavy atom. The molecule has 172 valence electrons. The highest BCUT2D eigenvalue weighted by molar-refractivity contribution is 7.17. The van der Waals surface area contributed by atoms with Crippen molar-refractivity contribution in [2.45, 2.75) is 19.4 Å². The Morgan fingerprint density at radius 3 is 2.64 bits per heavy atom. The van der Waals surface area contributed by atoms with Gasteiger partial charge in [0.15, 0.2) is 23.2 Å². The maximum Gasteiger partial charge on any atom is 0.289 e. The quantitative estimate of drug-likeness (QED) is 0.478. The molecule has 0 unspecified atom stereocenters. The number of rotatable bonds is 5. The summed E-state index contributed by atoms with van der Waals surface area (Å²) in [6.07, 6.45) is 2.08. The average Bonchev–Trinajstić information content (AvgIpc) is 3.55. The molecule has 11 heteroatoms. The number of hydrogen-bond acceptors (Lipinski definition) is 7. The third-order valence-corrected chi connectivity index (χ3v) is 6.84. The van der Waals surface area contributed by atoms with Crippen molar-refractivity contribution in [2.24, 2.45) is 0 Å². The van der Waals surface area contributed by atoms with Gasteiger partial charge in [-0.15, -0.1) is 5.10 Å². The van der Waals surface area contributed by atoms with Gasteiger partial charge in [-0.1, -0.05) is 24.3 Å². The van der Waals surface area contributed by atoms with Crippen LogP contribution in [0.1, 0.15) is 39.8 Å². The number of aromatic nitrogens is 3. The van der Waals surface area contributed by atoms with Crippen LogP contribution in [0.15, 0.2) is 41.0 Å². The summed E-state index contributed by atoms with van der Waals surface area (Å²) in [5.74, 6) is -1.29. The van der Waals surface area contributed by atoms with Gasteiger partial charge in [0.1, 0.15) is 0 Å². The normalized spacial score (nSPS) is 15.9. The van der Waals surface area contributed by atoms with Gasteiger partial charge in [-0.2, -0.15) is 4.52 Å². The highest BCUT2D eigenvalue weighted by atomic mass is 32.1. The summed E-state index contributed by atoms with van der Waals surface area (Å²) in [4.78, 5) is 21.8. The second kappa shape index (κ2) is 8.56. The number of thiazole rings is 1. The van der Waals surface area contributed by atoms with E-state index < -0.39 is 17.7 Å². The molecule has 4 heterocycles. The smallest absolute Gasteiger partial charge is 0.289 e. The zero-order chi connectivity index (χ0) is 23.1. The van der Waals surface area contributed by atoms with Gasteiger partial charge < -0.3 is 14.4 Å². The predicted molar refractivity (Wildman–Crippen MR) is 116 cm³/mol. The molecule has 0 spiro atoms. The van der Waals surface area contributed by atoms with Crippen LogP contribution in [0.25, 0.3) is 4.96 Å². The molecule has 1 aliphatic heterocycles. The summed E-state index contributed by atoms with van der Waals surface area (Å²) < 4.78 is 34.4. The van der Waals surface area contributed by atoms with Gasteiger partial charge in [0.05, 0.1) is 17.2 Å². The molecule has 3 aromatic heterocycles. The molecule has 33 heavy (non-hydrogen) atoms. The molecule has 0 aliphatic carbocycles. The van der Waals surface area contributed by atoms with Crippen LogP contribution in [0.3, 0.4) is 0 Å². The van der Waals surface area contributed by atoms with Gasteiger partial charge in [-0.25, -0.2) is 13.8 Å². The first kappa shape index (κ1) is 21.5. The minimum Gasteiger partial charge on any atom is -0.492 e. The number of piperazine rings is 1. The standard InChI is InChI=1S/C22H21F2N5O3S/c1-2-17-25-22-29(26-17)21(31)19(33-22)18(13-5-6-14(23)15(24)12-13)27-7-9-28(10-8-27)20(30)16-4-3-11-32-16/h3-6,11-12,18,31H,2,7-10H2,1H3/t18-/m1/s1. The molecular weight excluding hydrogens is 452 g/mol. The summed E-state index contributed by atoms with van der Waals surface area (Å²) in [6.45, 7) is 3.68. The van der Waals surface area contributed by atoms with Crippen LogP contribution in [0.2, 0.25) is 0 Å². The molecule has 1 saturated heterocycles. The van der Waals surface area contributed by atoms with Crippen molar-refractivity contribution in [3.05, 3.63) is 70.3 Å². The first-order chi connectivity index (χ1) is 16.0. The second-order valence-electron chi connectivity index (χ2n) is 7.75. The molecule has 1 fully saturated rings. The van der Waals surface area contributed by atoms with E-state index in [1.807, 2.05) is 11.8 Å². The SMILES string of the molecule is CCc1nc2sc([C@@H](c3ccc(F)c(F)c3)N3CCN(C(=O)c4ccco4)CC3)c(O)n2n1. The summed E-state index contributed by atoms with van der Waals surface area (Å²) in [5.41, 5.74) is 0.496. The largest absolute Gasteiger partial charge is 0.492 e. The minimum atomic E-state index is -0.962. The second-order valence-corrected chi connectivity index (χ2v) is 8.76. The number of carbonyl (C=O) groups excluding carboxylic acids is 1. The maximum absolute atomic E-state index is 14.1. The first-order valence-corrected chi connectivity index (χ1v) is 11.4. The molecule has 1 aromatic carbocycles. The van der Waals surface area contributed by atoms with Gasteiger partial charge in [0, 0.05) is 32.6 Å². The van der Waals surface area contributed by atoms with E-state index in [9.17, 15) is 18.7 Å². The molecule has 1 aliphatic rings. The minimum absolute atomic E-state index is 0.0778. The molecule has 0 radical (unpaired) electrons. The predicted octanol–water partition coefficient (Wildman–Crippen LogP) is 3.48. The van der Waals surface area contributed by atoms with Crippen molar-refractivity contribution >= 4 is 22.2 Å². The van der Waals surface area contributed by atoms with E-state index in [-0.39, 0.29) is 17.5 Å². The number of fused-ring (bicyclic) bond motifs is 1. The lowest BCUT2D eigenvalue weighted by molar-refractivity contribution is 0.0567. The third-order valence-electron chi connectivity index (χ3n) is 5.77. The lowest BCUT2D eigenvalue weighted by atomic mass is 10.0. The van der Waals surface area contributed by atoms with Crippen molar-refractivity contribution in [1.29, 1.82) is 0 Å². The molecule has 4 aromatic rings. The van der Waals surface area contributed by atoms with Crippen molar-refractivity contribution < 1.29 is 23.1 Å². The lowest BCUT2D eigenvalue weighted by Crippen LogP contribution is -2.49. The maximum atomic E-state index is 14.1. The highest BCUT2D eigenvalue weighted by Gasteiger charge is 2.33. The van der Waals surface area contributed by atoms with Crippen LogP contribution < -0.4 is 0 Å². The van der Waals surface area contributed by atoms with E-state index in [1.54, 1.807) is 17.0 Å². The monoisotopic (exact) mass is 473 g/mol. The number of halogens is 2. The Morgan fingerprint density at radius 2 is 2.00 bits per heavy atom. The zero-order valence-electron chi connectivity index (χ0n) is 17.7. The number of carbonyl (C=O) groups is 1. The van der Waals surface area contributed by atoms with Gasteiger partial charge >= 0.3 is 0 Å². The van der Waals surface area contributed by atoms with Crippen LogP contribution in [-0.4, -0.2) is 61.6 Å². The molecule has 1 atom stereocenters. The number of nitrogens with zero attached hydrogens (tertiary/aromatic N) is 5. The zero-order valence-corrected chi connectivity index (χ0v) is 18.6. The lowest BCUT2D eigenvalue weighted by Gasteiger charge is -2.38. The van der Waals surface area contributed by atoms with E-state index in [0.29, 0.717) is 53.8 Å². The number of furan rings is 1. The summed E-state index contributed by atoms with van der Waals surface area (Å²) in [6, 6.07) is 6.47. The topological polar surface area (TPSA) is 87.1 Å². The van der Waals surface area contributed by atoms with Crippen LogP contribution in [0, 0.1) is 11.6 Å². The molecule has 1 N–H and O–H groups in total. The Hall–Kier alpha value is -3.31. The molecule has 8 nitrogen and oxygen atoms in total. The van der Waals surface area contributed by atoms with E-state index in [2.05, 4.69) is 10.1 Å². The number of aromatic hydroxyl groups is 1. The van der Waals surface area contributed by atoms with Crippen molar-refractivity contribution in [3.8, 4) is 5.88 Å². The molecule has 1 amide bonds. The Kier molecular flexibility index (Phi) is 5.59. The molecule has 0 saturated carbocycles. The fourth-order valence-corrected chi connectivity index (χ4v) is 5.20. The number of benzene rings is 1. The Bertz CT molecular complexity index is 1300. The molecular formula is C22H21F2N5O3S. The Labute approximate surface area is 191 Å². The average molecular weight is 474 g/mol. The van der Waals surface area contributed by atoms with Crippen LogP contribution in [-0.2, 0) is 6.42 Å². The van der Waals surface area contributed by atoms with E-state index >= 15 is 0 Å². The van der Waals surface area contributed by atoms with E-state index in [1.165, 1.54) is 28.2 Å². The van der Waals surface area contributed by atoms with E-state index in [4.69, 9.17) is 4.42 Å². The number of aryl methyl sites for hydroxylation is 1. The van der Waals surface area contributed by atoms with Crippen molar-refractivity contribution in [1.82, 2.24) is 24.4 Å². The molecule has 5 rings (SSSR count). The van der Waals surface area contributed by atoms with Gasteiger partial charge in [0.2, 0.25) is 10.8 Å². The first-order valence-electron chi connectivity index (χ1n) is 10.5. The number of hydrogen-bond donors (Lipinski definition) is 1. The Balaban J connectivity index is 1.47. The van der Waals surface area contributed by atoms with E-state index in [0.717, 1.165) is 12.1 Å². The van der Waals surface area contributed by atoms with Crippen LogP contribution >= 0.6 is 11.3 Å². The summed E-state index contributed by atoms with van der Waals surface area (Å²) in [7, 11) is 0. The van der Waals surface area contributed by atoms with Crippen molar-refractivity contribution in [2.75, 3.05) is 26.2 Å². The van der Waals surface area contributed by atoms with Gasteiger partial charge in [-0.05, 0) is 29.8 Å². The molecule has 0 bridgehead atoms. The fourth-order valence-electron chi connectivity index (χ4n) is 4.07. The third kappa shape index (κ3) is 3.87. The number of amides is 1. The highest BCUT2D eigenvalue weighted by Crippen LogP contribution is 2.40. The summed E-state index contributed by atoms with van der Waals surface area (Å²) in [5, 5.41) is 15.3. The fraction of sp³-hybridized carbons (Fsp3) is 0.318. The van der Waals surface area contributed by atoms with Gasteiger partial charge in [-0.3, -0.25) is 9.69 Å². The van der Waals surface area contributed by atoms with Crippen molar-refractivity contribution in [3.63, 3.8) is 0 Å².